The molecule has 0 aromatic carbocycles. The quantitative estimate of drug-likeness (QED) is 0.356. The van der Waals surface area contributed by atoms with E-state index in [4.69, 9.17) is 4.18 Å². The number of hydrogen-bond acceptors (Lipinski definition) is 2. The fraction of sp³-hybridized carbons (Fsp3) is 0.900. The third-order valence-electron chi connectivity index (χ3n) is 8.60. The summed E-state index contributed by atoms with van der Waals surface area (Å²) in [6.45, 7) is 12.1. The fourth-order valence-corrected chi connectivity index (χ4v) is 8.08. The van der Waals surface area contributed by atoms with E-state index in [1.165, 1.54) is 56.9 Å². The predicted molar refractivity (Wildman–Crippen MR) is 94.8 cm³/mol. The standard InChI is InChI=1S/C20H32OS/c1-14-12-19-10-6-15-17(2,3)8-5-9-18(15,4)16(19)7-11-20(14,13-19)21-22/h15-16,22H,1,5-13H2,2-4H3/t15?,16?,18?,19?,20-/m0/s1. The molecule has 1 nitrogen and oxygen atoms in total. The van der Waals surface area contributed by atoms with Crippen molar-refractivity contribution in [2.24, 2.45) is 28.1 Å². The molecule has 0 heterocycles. The molecule has 0 aromatic rings. The Bertz CT molecular complexity index is 512. The summed E-state index contributed by atoms with van der Waals surface area (Å²) < 4.78 is 5.73. The van der Waals surface area contributed by atoms with E-state index in [-0.39, 0.29) is 5.60 Å². The Morgan fingerprint density at radius 1 is 1.05 bits per heavy atom. The molecule has 124 valence electrons. The highest BCUT2D eigenvalue weighted by molar-refractivity contribution is 7.75. The van der Waals surface area contributed by atoms with Crippen molar-refractivity contribution >= 4 is 12.9 Å². The molecule has 4 aliphatic carbocycles. The molecule has 0 amide bonds. The van der Waals surface area contributed by atoms with Gasteiger partial charge in [0, 0.05) is 0 Å². The highest BCUT2D eigenvalue weighted by atomic mass is 32.1. The average Bonchev–Trinajstić information content (AvgIpc) is 2.65. The zero-order valence-electron chi connectivity index (χ0n) is 14.6. The van der Waals surface area contributed by atoms with Gasteiger partial charge in [-0.15, -0.1) is 0 Å². The molecule has 2 heteroatoms. The molecular weight excluding hydrogens is 288 g/mol. The van der Waals surface area contributed by atoms with E-state index in [0.29, 0.717) is 16.2 Å². The van der Waals surface area contributed by atoms with Crippen molar-refractivity contribution < 1.29 is 4.18 Å². The Morgan fingerprint density at radius 3 is 2.50 bits per heavy atom. The molecule has 22 heavy (non-hydrogen) atoms. The van der Waals surface area contributed by atoms with Crippen molar-refractivity contribution in [3.8, 4) is 0 Å². The number of hydrogen-bond donors (Lipinski definition) is 1. The third kappa shape index (κ3) is 1.77. The van der Waals surface area contributed by atoms with Crippen molar-refractivity contribution in [3.05, 3.63) is 12.2 Å². The SMILES string of the molecule is C=C1CC23CCC4C(C)(C)CCCC4(C)C2CC[C@]1(OS)C3. The fourth-order valence-electron chi connectivity index (χ4n) is 7.80. The average molecular weight is 321 g/mol. The highest BCUT2D eigenvalue weighted by Crippen LogP contribution is 2.73. The van der Waals surface area contributed by atoms with Gasteiger partial charge in [0.2, 0.25) is 0 Å². The van der Waals surface area contributed by atoms with Gasteiger partial charge in [-0.25, -0.2) is 0 Å². The van der Waals surface area contributed by atoms with Crippen LogP contribution in [-0.2, 0) is 4.18 Å². The van der Waals surface area contributed by atoms with Crippen LogP contribution in [0.3, 0.4) is 0 Å². The van der Waals surface area contributed by atoms with Gasteiger partial charge >= 0.3 is 0 Å². The molecule has 0 radical (unpaired) electrons. The van der Waals surface area contributed by atoms with E-state index in [0.717, 1.165) is 18.3 Å². The second kappa shape index (κ2) is 4.57. The maximum absolute atomic E-state index is 5.73. The Kier molecular flexibility index (Phi) is 3.23. The van der Waals surface area contributed by atoms with Crippen molar-refractivity contribution in [3.63, 3.8) is 0 Å². The van der Waals surface area contributed by atoms with Gasteiger partial charge in [0.25, 0.3) is 0 Å². The van der Waals surface area contributed by atoms with Crippen LogP contribution in [0.15, 0.2) is 12.2 Å². The van der Waals surface area contributed by atoms with Crippen LogP contribution in [0.5, 0.6) is 0 Å². The molecular formula is C20H32OS. The first-order chi connectivity index (χ1) is 10.3. The lowest BCUT2D eigenvalue weighted by Crippen LogP contribution is -2.57. The lowest BCUT2D eigenvalue weighted by Gasteiger charge is -2.64. The second-order valence-corrected chi connectivity index (χ2v) is 10.1. The van der Waals surface area contributed by atoms with Gasteiger partial charge in [0.15, 0.2) is 0 Å². The van der Waals surface area contributed by atoms with Gasteiger partial charge in [-0.05, 0) is 97.9 Å². The molecule has 2 bridgehead atoms. The van der Waals surface area contributed by atoms with E-state index in [1.807, 2.05) is 0 Å². The van der Waals surface area contributed by atoms with E-state index in [2.05, 4.69) is 40.3 Å². The Hall–Kier alpha value is 0.0500. The molecule has 4 unspecified atom stereocenters. The largest absolute Gasteiger partial charge is 0.308 e. The van der Waals surface area contributed by atoms with Crippen LogP contribution < -0.4 is 0 Å². The van der Waals surface area contributed by atoms with Crippen molar-refractivity contribution in [1.29, 1.82) is 0 Å². The summed E-state index contributed by atoms with van der Waals surface area (Å²) in [5.74, 6) is 1.77. The third-order valence-corrected chi connectivity index (χ3v) is 8.95. The Morgan fingerprint density at radius 2 is 1.77 bits per heavy atom. The van der Waals surface area contributed by atoms with Crippen molar-refractivity contribution in [2.75, 3.05) is 0 Å². The predicted octanol–water partition coefficient (Wildman–Crippen LogP) is 5.96. The first kappa shape index (κ1) is 15.6. The Balaban J connectivity index is 1.74. The van der Waals surface area contributed by atoms with Crippen LogP contribution in [0.1, 0.15) is 78.6 Å². The first-order valence-electron chi connectivity index (χ1n) is 9.29. The van der Waals surface area contributed by atoms with Gasteiger partial charge in [0.05, 0.1) is 0 Å². The topological polar surface area (TPSA) is 9.23 Å². The van der Waals surface area contributed by atoms with Crippen LogP contribution in [0.25, 0.3) is 0 Å². The molecule has 4 aliphatic rings. The smallest absolute Gasteiger partial charge is 0.104 e. The van der Waals surface area contributed by atoms with E-state index < -0.39 is 0 Å². The molecule has 4 saturated carbocycles. The second-order valence-electron chi connectivity index (χ2n) is 9.94. The van der Waals surface area contributed by atoms with E-state index in [1.54, 1.807) is 0 Å². The summed E-state index contributed by atoms with van der Waals surface area (Å²) in [4.78, 5) is 0. The minimum absolute atomic E-state index is 0.104. The molecule has 1 spiro atoms. The molecule has 0 saturated heterocycles. The Labute approximate surface area is 141 Å². The van der Waals surface area contributed by atoms with Crippen LogP contribution in [0.2, 0.25) is 0 Å². The number of fused-ring (bicyclic) bond motifs is 3. The van der Waals surface area contributed by atoms with Gasteiger partial charge in [0.1, 0.15) is 5.60 Å². The van der Waals surface area contributed by atoms with Crippen LogP contribution >= 0.6 is 12.9 Å². The summed E-state index contributed by atoms with van der Waals surface area (Å²) in [7, 11) is 0. The summed E-state index contributed by atoms with van der Waals surface area (Å²) in [6.07, 6.45) is 11.9. The van der Waals surface area contributed by atoms with Gasteiger partial charge in [-0.3, -0.25) is 0 Å². The van der Waals surface area contributed by atoms with E-state index in [9.17, 15) is 0 Å². The van der Waals surface area contributed by atoms with Crippen LogP contribution in [0.4, 0.5) is 0 Å². The monoisotopic (exact) mass is 320 g/mol. The lowest BCUT2D eigenvalue weighted by atomic mass is 9.41. The van der Waals surface area contributed by atoms with Gasteiger partial charge in [-0.1, -0.05) is 33.8 Å². The first-order valence-corrected chi connectivity index (χ1v) is 9.66. The number of thiol groups is 1. The minimum atomic E-state index is -0.104. The van der Waals surface area contributed by atoms with Crippen LogP contribution in [0, 0.1) is 28.1 Å². The highest BCUT2D eigenvalue weighted by Gasteiger charge is 2.66. The molecule has 4 rings (SSSR count). The lowest BCUT2D eigenvalue weighted by molar-refractivity contribution is -0.155. The van der Waals surface area contributed by atoms with Crippen LogP contribution in [-0.4, -0.2) is 5.60 Å². The molecule has 0 N–H and O–H groups in total. The van der Waals surface area contributed by atoms with Gasteiger partial charge < -0.3 is 4.18 Å². The number of rotatable bonds is 1. The van der Waals surface area contributed by atoms with Gasteiger partial charge in [-0.2, -0.15) is 0 Å². The summed E-state index contributed by atoms with van der Waals surface area (Å²) in [5.41, 5.74) is 2.76. The summed E-state index contributed by atoms with van der Waals surface area (Å²) in [6, 6.07) is 0. The molecule has 4 fully saturated rings. The van der Waals surface area contributed by atoms with Crippen molar-refractivity contribution in [2.45, 2.75) is 84.2 Å². The molecule has 0 aliphatic heterocycles. The van der Waals surface area contributed by atoms with Crippen molar-refractivity contribution in [1.82, 2.24) is 0 Å². The zero-order valence-corrected chi connectivity index (χ0v) is 15.5. The zero-order chi connectivity index (χ0) is 15.8. The maximum atomic E-state index is 5.73. The van der Waals surface area contributed by atoms with E-state index >= 15 is 0 Å². The normalized spacial score (nSPS) is 53.0. The summed E-state index contributed by atoms with van der Waals surface area (Å²) >= 11 is 4.25. The maximum Gasteiger partial charge on any atom is 0.104 e. The summed E-state index contributed by atoms with van der Waals surface area (Å²) in [5, 5.41) is 0. The minimum Gasteiger partial charge on any atom is -0.308 e. The molecule has 5 atom stereocenters. The molecule has 0 aromatic heterocycles.